The van der Waals surface area contributed by atoms with Crippen LogP contribution in [0.25, 0.3) is 5.57 Å². The van der Waals surface area contributed by atoms with Crippen LogP contribution >= 0.6 is 0 Å². The minimum Gasteiger partial charge on any atom is -0.500 e. The second-order valence-electron chi connectivity index (χ2n) is 4.32. The van der Waals surface area contributed by atoms with Crippen molar-refractivity contribution in [2.75, 3.05) is 14.2 Å². The first-order valence-corrected chi connectivity index (χ1v) is 5.93. The third-order valence-corrected chi connectivity index (χ3v) is 3.30. The molecule has 0 aromatic heterocycles. The van der Waals surface area contributed by atoms with Crippen LogP contribution in [0.5, 0.6) is 0 Å². The predicted octanol–water partition coefficient (Wildman–Crippen LogP) is 2.47. The highest BCUT2D eigenvalue weighted by Crippen LogP contribution is 2.34. The summed E-state index contributed by atoms with van der Waals surface area (Å²) in [6.07, 6.45) is 3.49. The molecule has 19 heavy (non-hydrogen) atoms. The lowest BCUT2D eigenvalue weighted by Gasteiger charge is -2.29. The van der Waals surface area contributed by atoms with E-state index in [-0.39, 0.29) is 6.42 Å². The molecule has 1 unspecified atom stereocenters. The second kappa shape index (κ2) is 5.28. The fourth-order valence-electron chi connectivity index (χ4n) is 2.14. The predicted molar refractivity (Wildman–Crippen MR) is 71.5 cm³/mol. The Bertz CT molecular complexity index is 530. The Morgan fingerprint density at radius 1 is 1.26 bits per heavy atom. The van der Waals surface area contributed by atoms with Crippen molar-refractivity contribution in [2.24, 2.45) is 0 Å². The molecule has 0 saturated carbocycles. The van der Waals surface area contributed by atoms with E-state index in [1.165, 1.54) is 7.11 Å². The van der Waals surface area contributed by atoms with Crippen molar-refractivity contribution in [3.05, 3.63) is 53.8 Å². The van der Waals surface area contributed by atoms with E-state index in [1.807, 2.05) is 30.3 Å². The topological polar surface area (TPSA) is 55.8 Å². The van der Waals surface area contributed by atoms with Crippen LogP contribution < -0.4 is 0 Å². The summed E-state index contributed by atoms with van der Waals surface area (Å²) in [6, 6.07) is 9.70. The highest BCUT2D eigenvalue weighted by molar-refractivity contribution is 5.86. The van der Waals surface area contributed by atoms with E-state index < -0.39 is 11.6 Å². The minimum absolute atomic E-state index is 0.177. The maximum absolute atomic E-state index is 11.4. The number of ether oxygens (including phenoxy) is 2. The van der Waals surface area contributed by atoms with Crippen molar-refractivity contribution in [1.29, 1.82) is 0 Å². The fourth-order valence-corrected chi connectivity index (χ4v) is 2.14. The summed E-state index contributed by atoms with van der Waals surface area (Å²) in [5.41, 5.74) is 0.534. The third-order valence-electron chi connectivity index (χ3n) is 3.30. The lowest BCUT2D eigenvalue weighted by atomic mass is 9.88. The number of carbonyl (C=O) groups is 1. The molecule has 1 aliphatic carbocycles. The Morgan fingerprint density at radius 3 is 2.47 bits per heavy atom. The molecule has 1 N–H and O–H groups in total. The molecule has 0 heterocycles. The van der Waals surface area contributed by atoms with Crippen molar-refractivity contribution < 1.29 is 19.4 Å². The molecule has 0 bridgehead atoms. The number of hydrogen-bond donors (Lipinski definition) is 1. The number of aliphatic carboxylic acids is 1. The molecular formula is C15H16O4. The standard InChI is InChI=1S/C15H16O4/c1-18-13-10-15(19-2,14(16)17)9-8-12(13)11-6-4-3-5-7-11/h3-9H,10H2,1-2H3,(H,16,17). The number of rotatable bonds is 4. The SMILES string of the molecule is COC1=C(c2ccccc2)C=CC(OC)(C(=O)O)C1. The van der Waals surface area contributed by atoms with Gasteiger partial charge in [-0.05, 0) is 11.6 Å². The van der Waals surface area contributed by atoms with Crippen molar-refractivity contribution in [1.82, 2.24) is 0 Å². The van der Waals surface area contributed by atoms with Gasteiger partial charge in [0.1, 0.15) is 5.76 Å². The van der Waals surface area contributed by atoms with E-state index in [1.54, 1.807) is 19.3 Å². The van der Waals surface area contributed by atoms with Gasteiger partial charge in [0.2, 0.25) is 0 Å². The largest absolute Gasteiger partial charge is 0.500 e. The molecule has 0 amide bonds. The van der Waals surface area contributed by atoms with Crippen LogP contribution in [0.4, 0.5) is 0 Å². The molecule has 0 spiro atoms. The maximum atomic E-state index is 11.4. The van der Waals surface area contributed by atoms with Gasteiger partial charge in [-0.3, -0.25) is 0 Å². The Labute approximate surface area is 112 Å². The zero-order chi connectivity index (χ0) is 13.9. The molecule has 0 radical (unpaired) electrons. The number of methoxy groups -OCH3 is 2. The van der Waals surface area contributed by atoms with Crippen LogP contribution in [0, 0.1) is 0 Å². The van der Waals surface area contributed by atoms with Crippen molar-refractivity contribution >= 4 is 11.5 Å². The molecule has 1 atom stereocenters. The van der Waals surface area contributed by atoms with E-state index in [9.17, 15) is 9.90 Å². The zero-order valence-corrected chi connectivity index (χ0v) is 10.9. The molecular weight excluding hydrogens is 244 g/mol. The van der Waals surface area contributed by atoms with Gasteiger partial charge in [-0.2, -0.15) is 0 Å². The Hall–Kier alpha value is -2.07. The molecule has 4 nitrogen and oxygen atoms in total. The Balaban J connectivity index is 2.42. The Morgan fingerprint density at radius 2 is 1.95 bits per heavy atom. The summed E-state index contributed by atoms with van der Waals surface area (Å²) in [6.45, 7) is 0. The summed E-state index contributed by atoms with van der Waals surface area (Å²) in [5.74, 6) is -0.411. The van der Waals surface area contributed by atoms with Gasteiger partial charge in [0.15, 0.2) is 5.60 Å². The maximum Gasteiger partial charge on any atom is 0.340 e. The van der Waals surface area contributed by atoms with E-state index in [2.05, 4.69) is 0 Å². The molecule has 0 saturated heterocycles. The van der Waals surface area contributed by atoms with Crippen LogP contribution in [0.1, 0.15) is 12.0 Å². The molecule has 100 valence electrons. The van der Waals surface area contributed by atoms with Gasteiger partial charge in [-0.15, -0.1) is 0 Å². The second-order valence-corrected chi connectivity index (χ2v) is 4.32. The van der Waals surface area contributed by atoms with E-state index in [0.29, 0.717) is 5.76 Å². The quantitative estimate of drug-likeness (QED) is 0.903. The summed E-state index contributed by atoms with van der Waals surface area (Å²) < 4.78 is 10.5. The van der Waals surface area contributed by atoms with Gasteiger partial charge in [0, 0.05) is 19.1 Å². The average molecular weight is 260 g/mol. The van der Waals surface area contributed by atoms with Gasteiger partial charge in [-0.1, -0.05) is 36.4 Å². The highest BCUT2D eigenvalue weighted by Gasteiger charge is 2.40. The van der Waals surface area contributed by atoms with Crippen LogP contribution in [0.15, 0.2) is 48.2 Å². The van der Waals surface area contributed by atoms with Crippen LogP contribution in [-0.4, -0.2) is 30.9 Å². The first-order chi connectivity index (χ1) is 9.13. The van der Waals surface area contributed by atoms with Gasteiger partial charge in [0.25, 0.3) is 0 Å². The molecule has 4 heteroatoms. The van der Waals surface area contributed by atoms with Crippen LogP contribution in [-0.2, 0) is 14.3 Å². The fraction of sp³-hybridized carbons (Fsp3) is 0.267. The van der Waals surface area contributed by atoms with Crippen molar-refractivity contribution in [3.63, 3.8) is 0 Å². The average Bonchev–Trinajstić information content (AvgIpc) is 2.47. The molecule has 1 aromatic rings. The molecule has 2 rings (SSSR count). The van der Waals surface area contributed by atoms with E-state index >= 15 is 0 Å². The van der Waals surface area contributed by atoms with Crippen molar-refractivity contribution in [2.45, 2.75) is 12.0 Å². The van der Waals surface area contributed by atoms with Gasteiger partial charge in [0.05, 0.1) is 7.11 Å². The normalized spacial score (nSPS) is 22.4. The van der Waals surface area contributed by atoms with E-state index in [4.69, 9.17) is 9.47 Å². The number of carboxylic acids is 1. The summed E-state index contributed by atoms with van der Waals surface area (Å²) >= 11 is 0. The summed E-state index contributed by atoms with van der Waals surface area (Å²) in [4.78, 5) is 11.4. The molecule has 1 aliphatic rings. The van der Waals surface area contributed by atoms with Crippen LogP contribution in [0.2, 0.25) is 0 Å². The van der Waals surface area contributed by atoms with Crippen molar-refractivity contribution in [3.8, 4) is 0 Å². The lowest BCUT2D eigenvalue weighted by Crippen LogP contribution is -2.40. The smallest absolute Gasteiger partial charge is 0.340 e. The number of carboxylic acid groups (broad SMARTS) is 1. The molecule has 0 aliphatic heterocycles. The number of benzene rings is 1. The number of hydrogen-bond acceptors (Lipinski definition) is 3. The van der Waals surface area contributed by atoms with E-state index in [0.717, 1.165) is 11.1 Å². The molecule has 0 fully saturated rings. The van der Waals surface area contributed by atoms with Gasteiger partial charge < -0.3 is 14.6 Å². The molecule has 1 aromatic carbocycles. The number of allylic oxidation sites excluding steroid dienone is 2. The zero-order valence-electron chi connectivity index (χ0n) is 10.9. The van der Waals surface area contributed by atoms with Gasteiger partial charge in [-0.25, -0.2) is 4.79 Å². The first-order valence-electron chi connectivity index (χ1n) is 5.93. The van der Waals surface area contributed by atoms with Crippen LogP contribution in [0.3, 0.4) is 0 Å². The van der Waals surface area contributed by atoms with Gasteiger partial charge >= 0.3 is 5.97 Å². The Kier molecular flexibility index (Phi) is 3.71. The lowest BCUT2D eigenvalue weighted by molar-refractivity contribution is -0.157. The monoisotopic (exact) mass is 260 g/mol. The third kappa shape index (κ3) is 2.39. The highest BCUT2D eigenvalue weighted by atomic mass is 16.5. The first kappa shape index (κ1) is 13.4. The summed E-state index contributed by atoms with van der Waals surface area (Å²) in [5, 5.41) is 9.30. The summed E-state index contributed by atoms with van der Waals surface area (Å²) in [7, 11) is 2.93. The minimum atomic E-state index is -1.34.